The maximum absolute atomic E-state index is 12.6. The van der Waals surface area contributed by atoms with Crippen molar-refractivity contribution in [1.29, 1.82) is 0 Å². The Hall–Kier alpha value is -1.92. The average Bonchev–Trinajstić information content (AvgIpc) is 2.59. The number of unbranched alkanes of at least 4 members (excludes halogenated alkanes) is 4. The van der Waals surface area contributed by atoms with Crippen LogP contribution in [0.1, 0.15) is 85.0 Å². The number of carbonyl (C=O) groups excluding carboxylic acids is 3. The molecule has 1 atom stereocenters. The summed E-state index contributed by atoms with van der Waals surface area (Å²) < 4.78 is 5.04. The van der Waals surface area contributed by atoms with Crippen molar-refractivity contribution in [3.63, 3.8) is 0 Å². The lowest BCUT2D eigenvalue weighted by Gasteiger charge is -2.28. The fourth-order valence-corrected chi connectivity index (χ4v) is 2.52. The van der Waals surface area contributed by atoms with E-state index < -0.39 is 36.2 Å². The molecular weight excluding hydrogens is 338 g/mol. The lowest BCUT2D eigenvalue weighted by atomic mass is 10.1. The van der Waals surface area contributed by atoms with Gasteiger partial charge in [-0.1, -0.05) is 46.5 Å². The molecule has 0 bridgehead atoms. The van der Waals surface area contributed by atoms with Gasteiger partial charge in [0.05, 0.1) is 13.0 Å². The first-order valence-corrected chi connectivity index (χ1v) is 9.62. The summed E-state index contributed by atoms with van der Waals surface area (Å²) in [5.74, 6) is -3.09. The van der Waals surface area contributed by atoms with Gasteiger partial charge in [0.1, 0.15) is 6.04 Å². The largest absolute Gasteiger partial charge is 0.481 e. The number of rotatable bonds is 14. The Morgan fingerprint density at radius 3 is 1.73 bits per heavy atom. The van der Waals surface area contributed by atoms with Crippen LogP contribution in [0, 0.1) is 0 Å². The van der Waals surface area contributed by atoms with E-state index in [4.69, 9.17) is 9.84 Å². The number of amides is 2. The molecule has 0 aliphatic rings. The second kappa shape index (κ2) is 14.3. The highest BCUT2D eigenvalue weighted by Crippen LogP contribution is 2.15. The Morgan fingerprint density at radius 1 is 0.846 bits per heavy atom. The minimum atomic E-state index is -1.40. The molecule has 0 rings (SSSR count). The maximum atomic E-state index is 12.6. The van der Waals surface area contributed by atoms with E-state index in [1.165, 1.54) is 0 Å². The summed E-state index contributed by atoms with van der Waals surface area (Å²) in [7, 11) is 0. The smallest absolute Gasteiger partial charge is 0.329 e. The molecule has 1 N–H and O–H groups in total. The SMILES string of the molecule is CCCCCC(=O)N(C(=O)CCCCC)C(CC(=O)O)C(=O)OCCC. The highest BCUT2D eigenvalue weighted by atomic mass is 16.5. The number of esters is 1. The van der Waals surface area contributed by atoms with Gasteiger partial charge in [0, 0.05) is 12.8 Å². The molecule has 0 aromatic carbocycles. The molecule has 0 spiro atoms. The molecule has 0 saturated carbocycles. The van der Waals surface area contributed by atoms with Crippen LogP contribution < -0.4 is 0 Å². The predicted octanol–water partition coefficient (Wildman–Crippen LogP) is 3.30. The van der Waals surface area contributed by atoms with Crippen LogP contribution in [0.3, 0.4) is 0 Å². The van der Waals surface area contributed by atoms with Crippen molar-refractivity contribution in [2.75, 3.05) is 6.61 Å². The molecule has 0 fully saturated rings. The van der Waals surface area contributed by atoms with Crippen LogP contribution in [-0.2, 0) is 23.9 Å². The van der Waals surface area contributed by atoms with Crippen LogP contribution in [0.5, 0.6) is 0 Å². The average molecular weight is 371 g/mol. The zero-order valence-corrected chi connectivity index (χ0v) is 16.3. The molecule has 0 aliphatic carbocycles. The summed E-state index contributed by atoms with van der Waals surface area (Å²) in [5, 5.41) is 9.14. The first-order valence-electron chi connectivity index (χ1n) is 9.62. The Bertz CT molecular complexity index is 441. The van der Waals surface area contributed by atoms with Gasteiger partial charge in [-0.25, -0.2) is 4.79 Å². The highest BCUT2D eigenvalue weighted by molar-refractivity contribution is 6.00. The predicted molar refractivity (Wildman–Crippen MR) is 97.4 cm³/mol. The third-order valence-electron chi connectivity index (χ3n) is 3.93. The molecule has 0 aliphatic heterocycles. The van der Waals surface area contributed by atoms with Crippen molar-refractivity contribution in [2.24, 2.45) is 0 Å². The Balaban J connectivity index is 5.39. The first-order chi connectivity index (χ1) is 12.4. The van der Waals surface area contributed by atoms with Gasteiger partial charge in [-0.2, -0.15) is 0 Å². The zero-order valence-electron chi connectivity index (χ0n) is 16.3. The van der Waals surface area contributed by atoms with Crippen molar-refractivity contribution < 1.29 is 29.0 Å². The number of carboxylic acid groups (broad SMARTS) is 1. The van der Waals surface area contributed by atoms with E-state index in [0.717, 1.165) is 30.6 Å². The highest BCUT2D eigenvalue weighted by Gasteiger charge is 2.36. The third kappa shape index (κ3) is 9.53. The minimum absolute atomic E-state index is 0.116. The fraction of sp³-hybridized carbons (Fsp3) is 0.789. The van der Waals surface area contributed by atoms with Gasteiger partial charge in [0.2, 0.25) is 11.8 Å². The summed E-state index contributed by atoms with van der Waals surface area (Å²) in [6, 6.07) is -1.40. The number of hydrogen-bond donors (Lipinski definition) is 1. The Morgan fingerprint density at radius 2 is 1.35 bits per heavy atom. The number of ether oxygens (including phenoxy) is 1. The Labute approximate surface area is 156 Å². The molecule has 1 unspecified atom stereocenters. The van der Waals surface area contributed by atoms with E-state index in [0.29, 0.717) is 19.3 Å². The molecule has 2 amide bonds. The van der Waals surface area contributed by atoms with Crippen LogP contribution in [0.2, 0.25) is 0 Å². The van der Waals surface area contributed by atoms with Crippen molar-refractivity contribution >= 4 is 23.8 Å². The third-order valence-corrected chi connectivity index (χ3v) is 3.93. The molecule has 150 valence electrons. The molecule has 0 heterocycles. The van der Waals surface area contributed by atoms with Gasteiger partial charge in [-0.3, -0.25) is 19.3 Å². The molecule has 26 heavy (non-hydrogen) atoms. The molecule has 0 aromatic heterocycles. The summed E-state index contributed by atoms with van der Waals surface area (Å²) in [4.78, 5) is 49.6. The van der Waals surface area contributed by atoms with Crippen molar-refractivity contribution in [3.05, 3.63) is 0 Å². The molecule has 0 aromatic rings. The van der Waals surface area contributed by atoms with Crippen LogP contribution >= 0.6 is 0 Å². The van der Waals surface area contributed by atoms with Crippen LogP contribution in [0.15, 0.2) is 0 Å². The van der Waals surface area contributed by atoms with E-state index in [1.54, 1.807) is 0 Å². The molecule has 0 saturated heterocycles. The number of carboxylic acids is 1. The summed E-state index contributed by atoms with van der Waals surface area (Å²) in [5.41, 5.74) is 0. The van der Waals surface area contributed by atoms with Crippen LogP contribution in [0.4, 0.5) is 0 Å². The second-order valence-electron chi connectivity index (χ2n) is 6.35. The normalized spacial score (nSPS) is 11.7. The number of aliphatic carboxylic acids is 1. The summed E-state index contributed by atoms with van der Waals surface area (Å²) in [6.45, 7) is 5.92. The summed E-state index contributed by atoms with van der Waals surface area (Å²) >= 11 is 0. The van der Waals surface area contributed by atoms with Crippen molar-refractivity contribution in [3.8, 4) is 0 Å². The summed E-state index contributed by atoms with van der Waals surface area (Å²) in [6.07, 6.45) is 4.83. The first kappa shape index (κ1) is 24.1. The Kier molecular flexibility index (Phi) is 13.2. The van der Waals surface area contributed by atoms with Gasteiger partial charge in [-0.15, -0.1) is 0 Å². The van der Waals surface area contributed by atoms with Crippen molar-refractivity contribution in [1.82, 2.24) is 4.90 Å². The molecular formula is C19H33NO6. The minimum Gasteiger partial charge on any atom is -0.481 e. The fourth-order valence-electron chi connectivity index (χ4n) is 2.52. The number of carbonyl (C=O) groups is 4. The van der Waals surface area contributed by atoms with Gasteiger partial charge >= 0.3 is 11.9 Å². The lowest BCUT2D eigenvalue weighted by Crippen LogP contribution is -2.50. The van der Waals surface area contributed by atoms with Crippen LogP contribution in [-0.4, -0.2) is 46.4 Å². The molecule has 0 radical (unpaired) electrons. The molecule has 7 nitrogen and oxygen atoms in total. The second-order valence-corrected chi connectivity index (χ2v) is 6.35. The number of imide groups is 1. The topological polar surface area (TPSA) is 101 Å². The zero-order chi connectivity index (χ0) is 19.9. The lowest BCUT2D eigenvalue weighted by molar-refractivity contribution is -0.164. The number of hydrogen-bond acceptors (Lipinski definition) is 5. The van der Waals surface area contributed by atoms with E-state index >= 15 is 0 Å². The van der Waals surface area contributed by atoms with Gasteiger partial charge < -0.3 is 9.84 Å². The van der Waals surface area contributed by atoms with E-state index in [9.17, 15) is 19.2 Å². The van der Waals surface area contributed by atoms with Gasteiger partial charge in [0.15, 0.2) is 0 Å². The van der Waals surface area contributed by atoms with E-state index in [2.05, 4.69) is 0 Å². The number of nitrogens with zero attached hydrogens (tertiary/aromatic N) is 1. The standard InChI is InChI=1S/C19H33NO6/c1-4-7-9-11-16(21)20(17(22)12-10-8-5-2)15(14-18(23)24)19(25)26-13-6-3/h15H,4-14H2,1-3H3,(H,23,24). The van der Waals surface area contributed by atoms with E-state index in [-0.39, 0.29) is 19.4 Å². The quantitative estimate of drug-likeness (QED) is 0.371. The van der Waals surface area contributed by atoms with Gasteiger partial charge in [0.25, 0.3) is 0 Å². The molecule has 7 heteroatoms. The maximum Gasteiger partial charge on any atom is 0.329 e. The van der Waals surface area contributed by atoms with Crippen LogP contribution in [0.25, 0.3) is 0 Å². The van der Waals surface area contributed by atoms with Crippen molar-refractivity contribution in [2.45, 2.75) is 91.0 Å². The van der Waals surface area contributed by atoms with E-state index in [1.807, 2.05) is 20.8 Å². The van der Waals surface area contributed by atoms with Gasteiger partial charge in [-0.05, 0) is 19.3 Å². The monoisotopic (exact) mass is 371 g/mol.